The highest BCUT2D eigenvalue weighted by atomic mass is 16.5. The Balaban J connectivity index is 1.29. The molecule has 0 bridgehead atoms. The maximum absolute atomic E-state index is 13.0. The van der Waals surface area contributed by atoms with Crippen LogP contribution in [0.5, 0.6) is 0 Å². The lowest BCUT2D eigenvalue weighted by atomic mass is 9.59. The van der Waals surface area contributed by atoms with Gasteiger partial charge >= 0.3 is 5.97 Å². The zero-order valence-electron chi connectivity index (χ0n) is 18.6. The molecule has 1 aromatic rings. The summed E-state index contributed by atoms with van der Waals surface area (Å²) in [5.41, 5.74) is 4.97. The smallest absolute Gasteiger partial charge is 0.338 e. The topological polar surface area (TPSA) is 26.3 Å². The van der Waals surface area contributed by atoms with Crippen molar-refractivity contribution in [1.82, 2.24) is 0 Å². The number of carbonyl (C=O) groups excluding carboxylic acids is 1. The molecule has 2 fully saturated rings. The van der Waals surface area contributed by atoms with Crippen LogP contribution in [0.25, 0.3) is 0 Å². The van der Waals surface area contributed by atoms with Crippen molar-refractivity contribution < 1.29 is 9.53 Å². The molecular formula is C28H34O2. The Morgan fingerprint density at radius 1 is 1.03 bits per heavy atom. The number of hydrogen-bond acceptors (Lipinski definition) is 2. The van der Waals surface area contributed by atoms with E-state index < -0.39 is 0 Å². The fourth-order valence-electron chi connectivity index (χ4n) is 6.51. The van der Waals surface area contributed by atoms with Gasteiger partial charge in [0.15, 0.2) is 0 Å². The van der Waals surface area contributed by atoms with Crippen LogP contribution in [0.3, 0.4) is 0 Å². The minimum absolute atomic E-state index is 0.0216. The maximum Gasteiger partial charge on any atom is 0.338 e. The van der Waals surface area contributed by atoms with Crippen molar-refractivity contribution in [3.05, 3.63) is 70.8 Å². The molecule has 5 unspecified atom stereocenters. The van der Waals surface area contributed by atoms with E-state index in [1.165, 1.54) is 19.3 Å². The van der Waals surface area contributed by atoms with Gasteiger partial charge in [0.25, 0.3) is 0 Å². The van der Waals surface area contributed by atoms with Crippen LogP contribution < -0.4 is 0 Å². The lowest BCUT2D eigenvalue weighted by molar-refractivity contribution is 0.0182. The van der Waals surface area contributed by atoms with Gasteiger partial charge in [-0.3, -0.25) is 0 Å². The lowest BCUT2D eigenvalue weighted by Crippen LogP contribution is -2.38. The summed E-state index contributed by atoms with van der Waals surface area (Å²) in [5, 5.41) is 0. The number of benzene rings is 1. The molecule has 158 valence electrons. The molecule has 0 aromatic heterocycles. The second-order valence-electron chi connectivity index (χ2n) is 10.7. The van der Waals surface area contributed by atoms with Crippen molar-refractivity contribution in [1.29, 1.82) is 0 Å². The van der Waals surface area contributed by atoms with E-state index in [-0.39, 0.29) is 17.5 Å². The Morgan fingerprint density at radius 2 is 1.87 bits per heavy atom. The fraction of sp³-hybridized carbons (Fsp3) is 0.536. The molecule has 4 aliphatic carbocycles. The van der Waals surface area contributed by atoms with Crippen LogP contribution in [0, 0.1) is 23.7 Å². The molecule has 2 heteroatoms. The van der Waals surface area contributed by atoms with Gasteiger partial charge in [-0.05, 0) is 72.8 Å². The van der Waals surface area contributed by atoms with Crippen molar-refractivity contribution in [3.63, 3.8) is 0 Å². The first-order valence-corrected chi connectivity index (χ1v) is 11.8. The van der Waals surface area contributed by atoms with Crippen LogP contribution in [0.4, 0.5) is 0 Å². The number of esters is 1. The van der Waals surface area contributed by atoms with E-state index in [0.29, 0.717) is 11.8 Å². The van der Waals surface area contributed by atoms with Gasteiger partial charge in [0.05, 0.1) is 5.56 Å². The predicted molar refractivity (Wildman–Crippen MR) is 121 cm³/mol. The first kappa shape index (κ1) is 19.8. The summed E-state index contributed by atoms with van der Waals surface area (Å²) in [7, 11) is 0. The predicted octanol–water partition coefficient (Wildman–Crippen LogP) is 6.78. The summed E-state index contributed by atoms with van der Waals surface area (Å²) >= 11 is 0. The molecule has 0 N–H and O–H groups in total. The number of fused-ring (bicyclic) bond motifs is 5. The summed E-state index contributed by atoms with van der Waals surface area (Å²) in [4.78, 5) is 13.0. The van der Waals surface area contributed by atoms with Crippen LogP contribution in [0.15, 0.2) is 59.7 Å². The first-order valence-electron chi connectivity index (χ1n) is 11.8. The van der Waals surface area contributed by atoms with Gasteiger partial charge < -0.3 is 4.74 Å². The molecule has 0 heterocycles. The summed E-state index contributed by atoms with van der Waals surface area (Å²) < 4.78 is 6.07. The van der Waals surface area contributed by atoms with Crippen molar-refractivity contribution in [3.8, 4) is 0 Å². The Kier molecular flexibility index (Phi) is 5.00. The van der Waals surface area contributed by atoms with Gasteiger partial charge in [-0.1, -0.05) is 74.4 Å². The van der Waals surface area contributed by atoms with E-state index in [1.54, 1.807) is 11.1 Å². The van der Waals surface area contributed by atoms with E-state index in [4.69, 9.17) is 4.74 Å². The van der Waals surface area contributed by atoms with Crippen molar-refractivity contribution >= 4 is 5.97 Å². The highest BCUT2D eigenvalue weighted by Crippen LogP contribution is 2.53. The van der Waals surface area contributed by atoms with Crippen molar-refractivity contribution in [2.75, 3.05) is 0 Å². The molecule has 5 atom stereocenters. The second kappa shape index (κ2) is 7.55. The summed E-state index contributed by atoms with van der Waals surface area (Å²) in [5.74, 6) is 2.79. The average molecular weight is 403 g/mol. The monoisotopic (exact) mass is 402 g/mol. The van der Waals surface area contributed by atoms with Crippen LogP contribution in [0.1, 0.15) is 75.2 Å². The molecule has 5 rings (SSSR count). The molecule has 2 saturated carbocycles. The zero-order valence-corrected chi connectivity index (χ0v) is 18.6. The maximum atomic E-state index is 13.0. The zero-order chi connectivity index (χ0) is 20.9. The third-order valence-electron chi connectivity index (χ3n) is 7.94. The van der Waals surface area contributed by atoms with Gasteiger partial charge in [0.1, 0.15) is 6.10 Å². The molecule has 0 saturated heterocycles. The lowest BCUT2D eigenvalue weighted by Gasteiger charge is -2.47. The summed E-state index contributed by atoms with van der Waals surface area (Å²) in [6, 6.07) is 7.92. The minimum Gasteiger partial charge on any atom is -0.458 e. The minimum atomic E-state index is -0.152. The third kappa shape index (κ3) is 3.49. The molecule has 0 spiro atoms. The molecule has 2 nitrogen and oxygen atoms in total. The van der Waals surface area contributed by atoms with E-state index in [0.717, 1.165) is 42.2 Å². The summed E-state index contributed by atoms with van der Waals surface area (Å²) in [6.07, 6.45) is 16.5. The number of hydrogen-bond donors (Lipinski definition) is 0. The summed E-state index contributed by atoms with van der Waals surface area (Å²) in [6.45, 7) is 6.45. The quantitative estimate of drug-likeness (QED) is 0.403. The second-order valence-corrected chi connectivity index (χ2v) is 10.7. The highest BCUT2D eigenvalue weighted by molar-refractivity contribution is 5.91. The molecule has 0 aliphatic heterocycles. The third-order valence-corrected chi connectivity index (χ3v) is 7.94. The standard InChI is InChI=1S/C28H34O2/c1-28(2,3)26-10-5-4-8-25(26)27(29)30-20-13-16-22-19(17-20)12-15-23-21-9-6-7-18(21)11-14-24(22)23/h4-10,12,18,20,22-24H,11,13-17H2,1-3H3. The van der Waals surface area contributed by atoms with E-state index in [1.807, 2.05) is 18.2 Å². The van der Waals surface area contributed by atoms with E-state index >= 15 is 0 Å². The molecule has 0 radical (unpaired) electrons. The van der Waals surface area contributed by atoms with Crippen molar-refractivity contribution in [2.45, 2.75) is 70.8 Å². The van der Waals surface area contributed by atoms with Gasteiger partial charge in [0, 0.05) is 6.42 Å². The SMILES string of the molecule is CC(C)(C)c1ccccc1C(=O)OC1CCC2C(=CCC3C4=CC=CC4CCC23)C1. The van der Waals surface area contributed by atoms with Crippen LogP contribution >= 0.6 is 0 Å². The Labute approximate surface area is 181 Å². The molecule has 0 amide bonds. The molecule has 1 aromatic carbocycles. The fourth-order valence-corrected chi connectivity index (χ4v) is 6.51. The van der Waals surface area contributed by atoms with Crippen LogP contribution in [0.2, 0.25) is 0 Å². The van der Waals surface area contributed by atoms with Gasteiger partial charge in [-0.25, -0.2) is 4.79 Å². The average Bonchev–Trinajstić information content (AvgIpc) is 3.22. The Hall–Kier alpha value is -2.09. The van der Waals surface area contributed by atoms with Gasteiger partial charge in [-0.15, -0.1) is 0 Å². The molecule has 4 aliphatic rings. The highest BCUT2D eigenvalue weighted by Gasteiger charge is 2.43. The van der Waals surface area contributed by atoms with E-state index in [2.05, 4.69) is 51.1 Å². The van der Waals surface area contributed by atoms with Crippen molar-refractivity contribution in [2.24, 2.45) is 23.7 Å². The number of rotatable bonds is 2. The van der Waals surface area contributed by atoms with Crippen LogP contribution in [-0.2, 0) is 10.2 Å². The normalized spacial score (nSPS) is 32.4. The Morgan fingerprint density at radius 3 is 2.70 bits per heavy atom. The molecular weight excluding hydrogens is 368 g/mol. The van der Waals surface area contributed by atoms with Crippen LogP contribution in [-0.4, -0.2) is 12.1 Å². The number of carbonyl (C=O) groups is 1. The number of ether oxygens (including phenoxy) is 1. The van der Waals surface area contributed by atoms with Gasteiger partial charge in [-0.2, -0.15) is 0 Å². The van der Waals surface area contributed by atoms with Gasteiger partial charge in [0.2, 0.25) is 0 Å². The Bertz CT molecular complexity index is 926. The van der Waals surface area contributed by atoms with E-state index in [9.17, 15) is 4.79 Å². The number of allylic oxidation sites excluding steroid dienone is 5. The first-order chi connectivity index (χ1) is 14.4. The largest absolute Gasteiger partial charge is 0.458 e. The molecule has 30 heavy (non-hydrogen) atoms.